The van der Waals surface area contributed by atoms with Gasteiger partial charge in [0.2, 0.25) is 0 Å². The topological polar surface area (TPSA) is 78.8 Å². The highest BCUT2D eigenvalue weighted by Crippen LogP contribution is 2.30. The Kier molecular flexibility index (Phi) is 6.56. The normalized spacial score (nSPS) is 11.9. The van der Waals surface area contributed by atoms with Crippen LogP contribution in [0.5, 0.6) is 5.75 Å². The Bertz CT molecular complexity index is 702. The predicted molar refractivity (Wildman–Crippen MR) is 97.9 cm³/mol. The van der Waals surface area contributed by atoms with Gasteiger partial charge in [0.05, 0.1) is 19.8 Å². The molecule has 0 bridgehead atoms. The fourth-order valence-corrected chi connectivity index (χ4v) is 2.80. The highest BCUT2D eigenvalue weighted by atomic mass is 16.5. The van der Waals surface area contributed by atoms with Crippen molar-refractivity contribution in [3.63, 3.8) is 0 Å². The second kappa shape index (κ2) is 8.65. The molecule has 0 aliphatic carbocycles. The van der Waals surface area contributed by atoms with Gasteiger partial charge in [0, 0.05) is 12.1 Å². The number of aliphatic hydroxyl groups excluding tert-OH is 2. The average molecular weight is 343 g/mol. The van der Waals surface area contributed by atoms with Crippen LogP contribution >= 0.6 is 0 Å². The van der Waals surface area contributed by atoms with Gasteiger partial charge in [-0.1, -0.05) is 12.1 Å². The molecule has 0 aromatic heterocycles. The largest absolute Gasteiger partial charge is 0.496 e. The third-order valence-corrected chi connectivity index (χ3v) is 4.12. The van der Waals surface area contributed by atoms with E-state index in [9.17, 15) is 9.90 Å². The van der Waals surface area contributed by atoms with Crippen molar-refractivity contribution in [1.29, 1.82) is 0 Å². The van der Waals surface area contributed by atoms with Gasteiger partial charge in [0.15, 0.2) is 0 Å². The van der Waals surface area contributed by atoms with Crippen molar-refractivity contribution in [3.8, 4) is 16.9 Å². The van der Waals surface area contributed by atoms with Crippen LogP contribution in [-0.4, -0.2) is 42.5 Å². The summed E-state index contributed by atoms with van der Waals surface area (Å²) in [5, 5.41) is 20.8. The lowest BCUT2D eigenvalue weighted by Gasteiger charge is -2.12. The maximum Gasteiger partial charge on any atom is 0.251 e. The van der Waals surface area contributed by atoms with Crippen molar-refractivity contribution in [1.82, 2.24) is 5.32 Å². The number of amides is 1. The van der Waals surface area contributed by atoms with Gasteiger partial charge in [0.1, 0.15) is 5.75 Å². The summed E-state index contributed by atoms with van der Waals surface area (Å²) in [6.07, 6.45) is -0.478. The van der Waals surface area contributed by atoms with Crippen LogP contribution in [0.2, 0.25) is 0 Å². The van der Waals surface area contributed by atoms with Crippen LogP contribution in [-0.2, 0) is 0 Å². The molecule has 0 aliphatic heterocycles. The third-order valence-electron chi connectivity index (χ3n) is 4.12. The smallest absolute Gasteiger partial charge is 0.251 e. The maximum absolute atomic E-state index is 12.1. The Morgan fingerprint density at radius 3 is 2.24 bits per heavy atom. The fraction of sp³-hybridized carbons (Fsp3) is 0.350. The molecule has 0 unspecified atom stereocenters. The Morgan fingerprint density at radius 2 is 1.72 bits per heavy atom. The van der Waals surface area contributed by atoms with Gasteiger partial charge >= 0.3 is 0 Å². The summed E-state index contributed by atoms with van der Waals surface area (Å²) in [7, 11) is 1.67. The Hall–Kier alpha value is -2.37. The molecule has 0 heterocycles. The average Bonchev–Trinajstić information content (AvgIpc) is 2.61. The van der Waals surface area contributed by atoms with Crippen LogP contribution in [0.3, 0.4) is 0 Å². The number of methoxy groups -OCH3 is 1. The minimum atomic E-state index is -0.802. The number of carbonyl (C=O) groups excluding carboxylic acids is 1. The molecule has 2 rings (SSSR count). The molecule has 134 valence electrons. The van der Waals surface area contributed by atoms with E-state index in [4.69, 9.17) is 9.84 Å². The van der Waals surface area contributed by atoms with Gasteiger partial charge in [-0.25, -0.2) is 0 Å². The molecule has 1 amide bonds. The number of aryl methyl sites for hydroxylation is 2. The first kappa shape index (κ1) is 19.0. The lowest BCUT2D eigenvalue weighted by atomic mass is 9.98. The first-order valence-electron chi connectivity index (χ1n) is 8.29. The molecule has 0 saturated carbocycles. The molecule has 5 nitrogen and oxygen atoms in total. The highest BCUT2D eigenvalue weighted by Gasteiger charge is 2.09. The first-order valence-corrected chi connectivity index (χ1v) is 8.29. The molecule has 0 fully saturated rings. The molecule has 3 N–H and O–H groups in total. The van der Waals surface area contributed by atoms with E-state index in [1.54, 1.807) is 19.2 Å². The summed E-state index contributed by atoms with van der Waals surface area (Å²) >= 11 is 0. The number of hydrogen-bond donors (Lipinski definition) is 3. The highest BCUT2D eigenvalue weighted by molar-refractivity contribution is 5.94. The fourth-order valence-electron chi connectivity index (χ4n) is 2.80. The zero-order chi connectivity index (χ0) is 18.4. The van der Waals surface area contributed by atoms with Crippen molar-refractivity contribution >= 4 is 5.91 Å². The van der Waals surface area contributed by atoms with Crippen LogP contribution in [0.25, 0.3) is 11.1 Å². The molecule has 1 atom stereocenters. The second-order valence-electron chi connectivity index (χ2n) is 6.10. The van der Waals surface area contributed by atoms with Crippen LogP contribution in [0.4, 0.5) is 0 Å². The lowest BCUT2D eigenvalue weighted by molar-refractivity contribution is 0.0834. The summed E-state index contributed by atoms with van der Waals surface area (Å²) in [5.41, 5.74) is 4.81. The van der Waals surface area contributed by atoms with Crippen molar-refractivity contribution in [2.24, 2.45) is 0 Å². The molecule has 25 heavy (non-hydrogen) atoms. The Labute approximate surface area is 148 Å². The monoisotopic (exact) mass is 343 g/mol. The summed E-state index contributed by atoms with van der Waals surface area (Å²) in [4.78, 5) is 12.1. The van der Waals surface area contributed by atoms with Gasteiger partial charge in [-0.2, -0.15) is 0 Å². The Morgan fingerprint density at radius 1 is 1.12 bits per heavy atom. The number of benzene rings is 2. The van der Waals surface area contributed by atoms with E-state index in [2.05, 4.69) is 17.4 Å². The third kappa shape index (κ3) is 4.81. The van der Waals surface area contributed by atoms with Gasteiger partial charge < -0.3 is 20.3 Å². The summed E-state index contributed by atoms with van der Waals surface area (Å²) in [6.45, 7) is 4.04. The van der Waals surface area contributed by atoms with Gasteiger partial charge in [-0.05, 0) is 66.8 Å². The number of aliphatic hydroxyl groups is 2. The van der Waals surface area contributed by atoms with E-state index >= 15 is 0 Å². The second-order valence-corrected chi connectivity index (χ2v) is 6.10. The minimum Gasteiger partial charge on any atom is -0.496 e. The van der Waals surface area contributed by atoms with Gasteiger partial charge in [-0.15, -0.1) is 0 Å². The molecule has 2 aromatic carbocycles. The number of ether oxygens (including phenoxy) is 1. The SMILES string of the molecule is COc1c(C)cc(-c2ccc(C(=O)NCC[C@@H](O)CO)cc2)cc1C. The van der Waals surface area contributed by atoms with E-state index in [-0.39, 0.29) is 12.5 Å². The van der Waals surface area contributed by atoms with E-state index in [0.717, 1.165) is 28.0 Å². The van der Waals surface area contributed by atoms with Gasteiger partial charge in [0.25, 0.3) is 5.91 Å². The summed E-state index contributed by atoms with van der Waals surface area (Å²) < 4.78 is 5.39. The zero-order valence-corrected chi connectivity index (χ0v) is 14.9. The first-order chi connectivity index (χ1) is 12.0. The van der Waals surface area contributed by atoms with E-state index in [0.29, 0.717) is 18.5 Å². The molecule has 0 saturated heterocycles. The predicted octanol–water partition coefficient (Wildman–Crippen LogP) is 2.45. The van der Waals surface area contributed by atoms with Gasteiger partial charge in [-0.3, -0.25) is 4.79 Å². The van der Waals surface area contributed by atoms with E-state index in [1.807, 2.05) is 26.0 Å². The van der Waals surface area contributed by atoms with Crippen molar-refractivity contribution in [2.45, 2.75) is 26.4 Å². The van der Waals surface area contributed by atoms with Crippen molar-refractivity contribution < 1.29 is 19.7 Å². The zero-order valence-electron chi connectivity index (χ0n) is 14.9. The summed E-state index contributed by atoms with van der Waals surface area (Å²) in [5.74, 6) is 0.698. The number of carbonyl (C=O) groups is 1. The molecule has 5 heteroatoms. The number of hydrogen-bond acceptors (Lipinski definition) is 4. The van der Waals surface area contributed by atoms with Crippen molar-refractivity contribution in [2.75, 3.05) is 20.3 Å². The minimum absolute atomic E-state index is 0.196. The van der Waals surface area contributed by atoms with Crippen molar-refractivity contribution in [3.05, 3.63) is 53.1 Å². The lowest BCUT2D eigenvalue weighted by Crippen LogP contribution is -2.28. The van der Waals surface area contributed by atoms with E-state index < -0.39 is 6.10 Å². The number of rotatable bonds is 7. The van der Waals surface area contributed by atoms with Crippen LogP contribution in [0.1, 0.15) is 27.9 Å². The van der Waals surface area contributed by atoms with Crippen LogP contribution < -0.4 is 10.1 Å². The summed E-state index contributed by atoms with van der Waals surface area (Å²) in [6, 6.07) is 11.5. The quantitative estimate of drug-likeness (QED) is 0.721. The van der Waals surface area contributed by atoms with E-state index in [1.165, 1.54) is 0 Å². The Balaban J connectivity index is 2.08. The molecule has 2 aromatic rings. The van der Waals surface area contributed by atoms with Crippen LogP contribution in [0.15, 0.2) is 36.4 Å². The van der Waals surface area contributed by atoms with Crippen LogP contribution in [0, 0.1) is 13.8 Å². The maximum atomic E-state index is 12.1. The standard InChI is InChI=1S/C20H25NO4/c1-13-10-17(11-14(2)19(13)25-3)15-4-6-16(7-5-15)20(24)21-9-8-18(23)12-22/h4-7,10-11,18,22-23H,8-9,12H2,1-3H3,(H,21,24)/t18-/m1/s1. The molecule has 0 spiro atoms. The molecule has 0 radical (unpaired) electrons. The molecule has 0 aliphatic rings. The number of nitrogens with one attached hydrogen (secondary N) is 1. The molecular weight excluding hydrogens is 318 g/mol. The molecular formula is C20H25NO4.